The van der Waals surface area contributed by atoms with Crippen LogP contribution in [0, 0.1) is 0 Å². The Morgan fingerprint density at radius 2 is 2.07 bits per heavy atom. The zero-order valence-electron chi connectivity index (χ0n) is 9.16. The first-order valence-corrected chi connectivity index (χ1v) is 4.74. The summed E-state index contributed by atoms with van der Waals surface area (Å²) in [5, 5.41) is 4.25. The largest absolute Gasteiger partial charge is 0.394 e. The average molecular weight is 195 g/mol. The molecule has 0 saturated carbocycles. The first-order valence-electron chi connectivity index (χ1n) is 4.74. The molecule has 1 aromatic rings. The molecule has 14 heavy (non-hydrogen) atoms. The molecule has 0 atom stereocenters. The van der Waals surface area contributed by atoms with Gasteiger partial charge in [0, 0.05) is 12.0 Å². The van der Waals surface area contributed by atoms with Crippen molar-refractivity contribution in [3.63, 3.8) is 0 Å². The second-order valence-corrected chi connectivity index (χ2v) is 4.36. The van der Waals surface area contributed by atoms with Crippen molar-refractivity contribution in [2.75, 3.05) is 5.73 Å². The number of hydrogen-bond donors (Lipinski definition) is 1. The number of hydrogen-bond acceptors (Lipinski definition) is 3. The predicted molar refractivity (Wildman–Crippen MR) is 57.3 cm³/mol. The molecule has 4 heteroatoms. The van der Waals surface area contributed by atoms with E-state index in [2.05, 4.69) is 5.10 Å². The Kier molecular flexibility index (Phi) is 2.64. The van der Waals surface area contributed by atoms with Gasteiger partial charge in [0.05, 0.1) is 5.69 Å². The van der Waals surface area contributed by atoms with Gasteiger partial charge in [-0.25, -0.2) is 4.68 Å². The third-order valence-corrected chi connectivity index (χ3v) is 2.07. The van der Waals surface area contributed by atoms with Gasteiger partial charge in [0.1, 0.15) is 5.69 Å². The zero-order chi connectivity index (χ0) is 10.9. The minimum Gasteiger partial charge on any atom is -0.394 e. The molecule has 1 rings (SSSR count). The van der Waals surface area contributed by atoms with Crippen molar-refractivity contribution in [1.82, 2.24) is 9.78 Å². The Hall–Kier alpha value is -1.32. The second kappa shape index (κ2) is 3.44. The SMILES string of the molecule is CCn1nc(C(C)(C)C)cc(N)c1=O. The van der Waals surface area contributed by atoms with Gasteiger partial charge in [-0.3, -0.25) is 4.79 Å². The Labute approximate surface area is 83.7 Å². The van der Waals surface area contributed by atoms with Crippen LogP contribution in [0.5, 0.6) is 0 Å². The molecular weight excluding hydrogens is 178 g/mol. The summed E-state index contributed by atoms with van der Waals surface area (Å²) in [4.78, 5) is 11.5. The summed E-state index contributed by atoms with van der Waals surface area (Å²) < 4.78 is 1.40. The molecule has 0 fully saturated rings. The molecule has 0 spiro atoms. The highest BCUT2D eigenvalue weighted by molar-refractivity contribution is 5.37. The molecule has 1 aromatic heterocycles. The molecule has 0 radical (unpaired) electrons. The van der Waals surface area contributed by atoms with Crippen LogP contribution in [0.4, 0.5) is 5.69 Å². The number of rotatable bonds is 1. The lowest BCUT2D eigenvalue weighted by Gasteiger charge is -2.18. The Balaban J connectivity index is 3.38. The van der Waals surface area contributed by atoms with Crippen molar-refractivity contribution in [2.24, 2.45) is 0 Å². The molecule has 0 aromatic carbocycles. The van der Waals surface area contributed by atoms with Crippen molar-refractivity contribution in [3.05, 3.63) is 22.1 Å². The standard InChI is InChI=1S/C10H17N3O/c1-5-13-9(14)7(11)6-8(12-13)10(2,3)4/h6H,5,11H2,1-4H3. The molecule has 0 unspecified atom stereocenters. The molecule has 0 aliphatic rings. The van der Waals surface area contributed by atoms with E-state index in [4.69, 9.17) is 5.73 Å². The van der Waals surface area contributed by atoms with Crippen molar-refractivity contribution < 1.29 is 0 Å². The first-order chi connectivity index (χ1) is 6.36. The minimum absolute atomic E-state index is 0.0846. The Morgan fingerprint density at radius 3 is 2.50 bits per heavy atom. The highest BCUT2D eigenvalue weighted by Gasteiger charge is 2.17. The highest BCUT2D eigenvalue weighted by atomic mass is 16.1. The monoisotopic (exact) mass is 195 g/mol. The molecule has 0 aliphatic carbocycles. The third-order valence-electron chi connectivity index (χ3n) is 2.07. The van der Waals surface area contributed by atoms with Crippen LogP contribution in [0.1, 0.15) is 33.4 Å². The van der Waals surface area contributed by atoms with E-state index in [-0.39, 0.29) is 16.7 Å². The molecule has 2 N–H and O–H groups in total. The summed E-state index contributed by atoms with van der Waals surface area (Å²) in [6.07, 6.45) is 0. The molecule has 1 heterocycles. The maximum atomic E-state index is 11.5. The number of nitrogens with two attached hydrogens (primary N) is 1. The van der Waals surface area contributed by atoms with Crippen LogP contribution in [0.25, 0.3) is 0 Å². The van der Waals surface area contributed by atoms with Crippen LogP contribution in [0.2, 0.25) is 0 Å². The van der Waals surface area contributed by atoms with Gasteiger partial charge >= 0.3 is 0 Å². The van der Waals surface area contributed by atoms with Gasteiger partial charge in [-0.2, -0.15) is 5.10 Å². The van der Waals surface area contributed by atoms with E-state index in [1.165, 1.54) is 4.68 Å². The van der Waals surface area contributed by atoms with Crippen LogP contribution >= 0.6 is 0 Å². The lowest BCUT2D eigenvalue weighted by atomic mass is 9.92. The van der Waals surface area contributed by atoms with E-state index in [1.807, 2.05) is 27.7 Å². The average Bonchev–Trinajstić information content (AvgIpc) is 2.07. The van der Waals surface area contributed by atoms with E-state index < -0.39 is 0 Å². The molecular formula is C10H17N3O. The van der Waals surface area contributed by atoms with Crippen LogP contribution in [-0.2, 0) is 12.0 Å². The van der Waals surface area contributed by atoms with E-state index in [0.29, 0.717) is 6.54 Å². The van der Waals surface area contributed by atoms with Gasteiger partial charge in [0.15, 0.2) is 0 Å². The first kappa shape index (κ1) is 10.8. The lowest BCUT2D eigenvalue weighted by molar-refractivity contribution is 0.513. The molecule has 4 nitrogen and oxygen atoms in total. The maximum Gasteiger partial charge on any atom is 0.289 e. The number of anilines is 1. The van der Waals surface area contributed by atoms with E-state index in [9.17, 15) is 4.79 Å². The molecule has 0 aliphatic heterocycles. The summed E-state index contributed by atoms with van der Waals surface area (Å²) in [6, 6.07) is 1.66. The van der Waals surface area contributed by atoms with Crippen LogP contribution in [0.3, 0.4) is 0 Å². The fourth-order valence-electron chi connectivity index (χ4n) is 1.14. The van der Waals surface area contributed by atoms with Crippen molar-refractivity contribution in [2.45, 2.75) is 39.7 Å². The van der Waals surface area contributed by atoms with Crippen LogP contribution in [-0.4, -0.2) is 9.78 Å². The summed E-state index contributed by atoms with van der Waals surface area (Å²) in [7, 11) is 0. The van der Waals surface area contributed by atoms with Gasteiger partial charge in [0.2, 0.25) is 0 Å². The number of nitrogen functional groups attached to an aromatic ring is 1. The van der Waals surface area contributed by atoms with Crippen molar-refractivity contribution in [1.29, 1.82) is 0 Å². The lowest BCUT2D eigenvalue weighted by Crippen LogP contribution is -2.29. The topological polar surface area (TPSA) is 60.9 Å². The fourth-order valence-corrected chi connectivity index (χ4v) is 1.14. The number of nitrogens with zero attached hydrogens (tertiary/aromatic N) is 2. The zero-order valence-corrected chi connectivity index (χ0v) is 9.16. The quantitative estimate of drug-likeness (QED) is 0.731. The third kappa shape index (κ3) is 1.95. The summed E-state index contributed by atoms with van der Waals surface area (Å²) in [5.41, 5.74) is 6.44. The van der Waals surface area contributed by atoms with Crippen molar-refractivity contribution >= 4 is 5.69 Å². The molecule has 0 saturated heterocycles. The van der Waals surface area contributed by atoms with Gasteiger partial charge in [-0.1, -0.05) is 20.8 Å². The normalized spacial score (nSPS) is 11.7. The molecule has 78 valence electrons. The minimum atomic E-state index is -0.208. The fraction of sp³-hybridized carbons (Fsp3) is 0.600. The number of aryl methyl sites for hydroxylation is 1. The predicted octanol–water partition coefficient (Wildman–Crippen LogP) is 1.14. The number of aromatic nitrogens is 2. The Bertz CT molecular complexity index is 387. The van der Waals surface area contributed by atoms with Gasteiger partial charge in [0.25, 0.3) is 5.56 Å². The van der Waals surface area contributed by atoms with Crippen molar-refractivity contribution in [3.8, 4) is 0 Å². The van der Waals surface area contributed by atoms with E-state index in [1.54, 1.807) is 6.07 Å². The van der Waals surface area contributed by atoms with Gasteiger partial charge in [-0.15, -0.1) is 0 Å². The summed E-state index contributed by atoms with van der Waals surface area (Å²) in [6.45, 7) is 8.55. The maximum absolute atomic E-state index is 11.5. The van der Waals surface area contributed by atoms with Crippen LogP contribution < -0.4 is 11.3 Å². The smallest absolute Gasteiger partial charge is 0.289 e. The summed E-state index contributed by atoms with van der Waals surface area (Å²) in [5.74, 6) is 0. The van der Waals surface area contributed by atoms with Gasteiger partial charge in [-0.05, 0) is 13.0 Å². The van der Waals surface area contributed by atoms with E-state index in [0.717, 1.165) is 5.69 Å². The van der Waals surface area contributed by atoms with Gasteiger partial charge < -0.3 is 5.73 Å². The van der Waals surface area contributed by atoms with Crippen LogP contribution in [0.15, 0.2) is 10.9 Å². The highest BCUT2D eigenvalue weighted by Crippen LogP contribution is 2.19. The summed E-state index contributed by atoms with van der Waals surface area (Å²) >= 11 is 0. The second-order valence-electron chi connectivity index (χ2n) is 4.36. The molecule has 0 bridgehead atoms. The molecule has 0 amide bonds. The van der Waals surface area contributed by atoms with E-state index >= 15 is 0 Å². The Morgan fingerprint density at radius 1 is 1.50 bits per heavy atom.